The summed E-state index contributed by atoms with van der Waals surface area (Å²) in [6, 6.07) is 3.27. The summed E-state index contributed by atoms with van der Waals surface area (Å²) in [7, 11) is 0. The van der Waals surface area contributed by atoms with E-state index in [0.29, 0.717) is 41.7 Å². The van der Waals surface area contributed by atoms with Crippen LogP contribution in [0.5, 0.6) is 0 Å². The van der Waals surface area contributed by atoms with E-state index < -0.39 is 11.7 Å². The first-order chi connectivity index (χ1) is 16.9. The SMILES string of the molecule is CC[C@@H]1CC(N(Cc2cc(Cl)cc(C(F)(F)F)c2)c2ncc(Br)cn2)C[C@H](CC)N1C(=O)OC(C)C. The van der Waals surface area contributed by atoms with Crippen molar-refractivity contribution in [1.82, 2.24) is 14.9 Å². The quantitative estimate of drug-likeness (QED) is 0.334. The van der Waals surface area contributed by atoms with Crippen LogP contribution >= 0.6 is 27.5 Å². The van der Waals surface area contributed by atoms with Crippen LogP contribution in [0.25, 0.3) is 0 Å². The molecule has 0 bridgehead atoms. The van der Waals surface area contributed by atoms with Crippen molar-refractivity contribution in [1.29, 1.82) is 0 Å². The van der Waals surface area contributed by atoms with Gasteiger partial charge in [0.2, 0.25) is 5.95 Å². The molecule has 1 aliphatic rings. The van der Waals surface area contributed by atoms with Crippen LogP contribution in [0.15, 0.2) is 35.1 Å². The van der Waals surface area contributed by atoms with Gasteiger partial charge in [-0.25, -0.2) is 14.8 Å². The molecular weight excluding hydrogens is 561 g/mol. The van der Waals surface area contributed by atoms with Crippen molar-refractivity contribution in [3.8, 4) is 0 Å². The van der Waals surface area contributed by atoms with Crippen molar-refractivity contribution in [3.63, 3.8) is 0 Å². The zero-order valence-electron chi connectivity index (χ0n) is 20.7. The lowest BCUT2D eigenvalue weighted by atomic mass is 9.87. The molecule has 1 saturated heterocycles. The summed E-state index contributed by atoms with van der Waals surface area (Å²) in [5, 5.41) is 0.0145. The number of nitrogens with zero attached hydrogens (tertiary/aromatic N) is 4. The second kappa shape index (κ2) is 12.0. The molecule has 6 nitrogen and oxygen atoms in total. The third-order valence-corrected chi connectivity index (χ3v) is 6.93. The molecule has 1 amide bonds. The molecule has 0 N–H and O–H groups in total. The molecule has 11 heteroatoms. The molecule has 3 rings (SSSR count). The van der Waals surface area contributed by atoms with E-state index in [4.69, 9.17) is 16.3 Å². The number of aromatic nitrogens is 2. The minimum Gasteiger partial charge on any atom is -0.447 e. The van der Waals surface area contributed by atoms with Crippen LogP contribution < -0.4 is 4.90 Å². The summed E-state index contributed by atoms with van der Waals surface area (Å²) in [6.07, 6.45) is 0.771. The second-order valence-electron chi connectivity index (χ2n) is 9.26. The Balaban J connectivity index is 1.98. The summed E-state index contributed by atoms with van der Waals surface area (Å²) in [5.74, 6) is 0.402. The first-order valence-electron chi connectivity index (χ1n) is 12.0. The van der Waals surface area contributed by atoms with Gasteiger partial charge in [0, 0.05) is 42.1 Å². The largest absolute Gasteiger partial charge is 0.447 e. The molecule has 0 saturated carbocycles. The Bertz CT molecular complexity index is 1020. The smallest absolute Gasteiger partial charge is 0.416 e. The Morgan fingerprint density at radius 3 is 2.25 bits per heavy atom. The predicted molar refractivity (Wildman–Crippen MR) is 137 cm³/mol. The highest BCUT2D eigenvalue weighted by Crippen LogP contribution is 2.35. The molecular formula is C25H31BrClF3N4O2. The van der Waals surface area contributed by atoms with E-state index in [0.717, 1.165) is 12.1 Å². The third kappa shape index (κ3) is 7.03. The van der Waals surface area contributed by atoms with Crippen molar-refractivity contribution in [2.45, 2.75) is 90.3 Å². The predicted octanol–water partition coefficient (Wildman–Crippen LogP) is 7.48. The zero-order valence-corrected chi connectivity index (χ0v) is 23.1. The maximum atomic E-state index is 13.5. The Kier molecular flexibility index (Phi) is 9.49. The number of likely N-dealkylation sites (tertiary alicyclic amines) is 1. The van der Waals surface area contributed by atoms with Gasteiger partial charge in [-0.05, 0) is 79.2 Å². The van der Waals surface area contributed by atoms with Crippen LogP contribution in [0, 0.1) is 0 Å². The Morgan fingerprint density at radius 1 is 1.17 bits per heavy atom. The second-order valence-corrected chi connectivity index (χ2v) is 10.6. The minimum absolute atomic E-state index is 0.0145. The molecule has 3 atom stereocenters. The summed E-state index contributed by atoms with van der Waals surface area (Å²) >= 11 is 9.40. The molecule has 1 aliphatic heterocycles. The molecule has 2 aromatic rings. The number of benzene rings is 1. The van der Waals surface area contributed by atoms with Gasteiger partial charge in [-0.2, -0.15) is 13.2 Å². The number of carbonyl (C=O) groups excluding carboxylic acids is 1. The number of anilines is 1. The highest BCUT2D eigenvalue weighted by molar-refractivity contribution is 9.10. The lowest BCUT2D eigenvalue weighted by Gasteiger charge is -2.47. The highest BCUT2D eigenvalue weighted by Gasteiger charge is 2.41. The fourth-order valence-corrected chi connectivity index (χ4v) is 5.17. The minimum atomic E-state index is -4.51. The van der Waals surface area contributed by atoms with Crippen LogP contribution in [-0.2, 0) is 17.5 Å². The van der Waals surface area contributed by atoms with E-state index in [1.54, 1.807) is 12.4 Å². The van der Waals surface area contributed by atoms with E-state index in [1.807, 2.05) is 37.5 Å². The van der Waals surface area contributed by atoms with Crippen molar-refractivity contribution >= 4 is 39.6 Å². The normalized spacial score (nSPS) is 20.5. The molecule has 1 fully saturated rings. The number of amides is 1. The molecule has 2 heterocycles. The Labute approximate surface area is 223 Å². The molecule has 0 aliphatic carbocycles. The highest BCUT2D eigenvalue weighted by atomic mass is 79.9. The van der Waals surface area contributed by atoms with Gasteiger partial charge in [-0.15, -0.1) is 0 Å². The molecule has 1 aromatic carbocycles. The number of halogens is 5. The summed E-state index contributed by atoms with van der Waals surface area (Å²) in [4.78, 5) is 25.6. The topological polar surface area (TPSA) is 58.6 Å². The van der Waals surface area contributed by atoms with Crippen LogP contribution in [-0.4, -0.2) is 45.2 Å². The zero-order chi connectivity index (χ0) is 26.6. The first-order valence-corrected chi connectivity index (χ1v) is 13.2. The first kappa shape index (κ1) is 28.5. The number of rotatable bonds is 7. The summed E-state index contributed by atoms with van der Waals surface area (Å²) < 4.78 is 46.6. The number of piperidine rings is 1. The molecule has 0 radical (unpaired) electrons. The van der Waals surface area contributed by atoms with Crippen molar-refractivity contribution in [2.24, 2.45) is 0 Å². The molecule has 0 spiro atoms. The number of alkyl halides is 3. The number of hydrogen-bond donors (Lipinski definition) is 0. The third-order valence-electron chi connectivity index (χ3n) is 6.31. The molecule has 198 valence electrons. The van der Waals surface area contributed by atoms with Gasteiger partial charge < -0.3 is 14.5 Å². The monoisotopic (exact) mass is 590 g/mol. The van der Waals surface area contributed by atoms with E-state index in [2.05, 4.69) is 25.9 Å². The molecule has 1 unspecified atom stereocenters. The molecule has 36 heavy (non-hydrogen) atoms. The van der Waals surface area contributed by atoms with Crippen LogP contribution in [0.1, 0.15) is 64.5 Å². The van der Waals surface area contributed by atoms with Gasteiger partial charge in [0.15, 0.2) is 0 Å². The van der Waals surface area contributed by atoms with Crippen LogP contribution in [0.4, 0.5) is 23.9 Å². The average Bonchev–Trinajstić information content (AvgIpc) is 2.81. The van der Waals surface area contributed by atoms with Crippen LogP contribution in [0.2, 0.25) is 5.02 Å². The van der Waals surface area contributed by atoms with Gasteiger partial charge in [0.05, 0.1) is 16.1 Å². The number of hydrogen-bond acceptors (Lipinski definition) is 5. The standard InChI is InChI=1S/C25H31BrClF3N4O2/c1-5-20-10-22(11-21(6-2)34(20)24(35)36-15(3)4)33(23-31-12-18(26)13-32-23)14-16-7-17(25(28,29)30)9-19(27)8-16/h7-9,12-13,15,20-22H,5-6,10-11,14H2,1-4H3/t20-,21+,22?. The maximum Gasteiger partial charge on any atom is 0.416 e. The number of ether oxygens (including phenoxy) is 1. The van der Waals surface area contributed by atoms with Crippen molar-refractivity contribution in [2.75, 3.05) is 4.90 Å². The summed E-state index contributed by atoms with van der Waals surface area (Å²) in [5.41, 5.74) is -0.394. The van der Waals surface area contributed by atoms with Gasteiger partial charge >= 0.3 is 12.3 Å². The van der Waals surface area contributed by atoms with Gasteiger partial charge in [0.1, 0.15) is 0 Å². The van der Waals surface area contributed by atoms with Crippen molar-refractivity contribution in [3.05, 3.63) is 51.2 Å². The summed E-state index contributed by atoms with van der Waals surface area (Å²) in [6.45, 7) is 7.81. The lowest BCUT2D eigenvalue weighted by Crippen LogP contribution is -2.57. The van der Waals surface area contributed by atoms with E-state index >= 15 is 0 Å². The fourth-order valence-electron chi connectivity index (χ4n) is 4.71. The van der Waals surface area contributed by atoms with E-state index in [-0.39, 0.29) is 41.9 Å². The Hall–Kier alpha value is -2.07. The molecule has 1 aromatic heterocycles. The van der Waals surface area contributed by atoms with Gasteiger partial charge in [-0.3, -0.25) is 0 Å². The lowest BCUT2D eigenvalue weighted by molar-refractivity contribution is -0.137. The Morgan fingerprint density at radius 2 is 1.75 bits per heavy atom. The fraction of sp³-hybridized carbons (Fsp3) is 0.560. The van der Waals surface area contributed by atoms with Crippen molar-refractivity contribution < 1.29 is 22.7 Å². The van der Waals surface area contributed by atoms with E-state index in [1.165, 1.54) is 6.07 Å². The average molecular weight is 592 g/mol. The van der Waals surface area contributed by atoms with Gasteiger partial charge in [-0.1, -0.05) is 25.4 Å². The van der Waals surface area contributed by atoms with Gasteiger partial charge in [0.25, 0.3) is 0 Å². The number of carbonyl (C=O) groups is 1. The maximum absolute atomic E-state index is 13.5. The van der Waals surface area contributed by atoms with Crippen LogP contribution in [0.3, 0.4) is 0 Å². The van der Waals surface area contributed by atoms with E-state index in [9.17, 15) is 18.0 Å².